The minimum absolute atomic E-state index is 0.0174. The van der Waals surface area contributed by atoms with E-state index in [0.717, 1.165) is 19.3 Å². The van der Waals surface area contributed by atoms with Gasteiger partial charge in [-0.2, -0.15) is 8.42 Å². The lowest BCUT2D eigenvalue weighted by Gasteiger charge is -2.30. The Hall–Kier alpha value is -0.650. The molecule has 0 fully saturated rings. The molecule has 0 atom stereocenters. The molecule has 11 nitrogen and oxygen atoms in total. The van der Waals surface area contributed by atoms with Crippen molar-refractivity contribution in [2.75, 3.05) is 20.1 Å². The van der Waals surface area contributed by atoms with Gasteiger partial charge >= 0.3 is 15.2 Å². The second-order valence-corrected chi connectivity index (χ2v) is 11.8. The molecule has 0 saturated heterocycles. The minimum Gasteiger partial charge on any atom is -0.367 e. The molecule has 6 N–H and O–H groups in total. The topological polar surface area (TPSA) is 193 Å². The summed E-state index contributed by atoms with van der Waals surface area (Å²) in [6, 6.07) is 7.42. The first-order valence-corrected chi connectivity index (χ1v) is 13.3. The van der Waals surface area contributed by atoms with Crippen molar-refractivity contribution in [2.24, 2.45) is 0 Å². The van der Waals surface area contributed by atoms with Crippen LogP contribution in [0.15, 0.2) is 35.2 Å². The Kier molecular flexibility index (Phi) is 11.4. The number of benzene rings is 1. The van der Waals surface area contributed by atoms with Gasteiger partial charge in [0.05, 0.1) is 4.90 Å². The van der Waals surface area contributed by atoms with Crippen LogP contribution < -0.4 is 0 Å². The van der Waals surface area contributed by atoms with Crippen molar-refractivity contribution in [1.29, 1.82) is 0 Å². The Labute approximate surface area is 170 Å². The molecule has 29 heavy (non-hydrogen) atoms. The molecule has 1 rings (SSSR count). The molecular formula is C15H29NO10P2S. The van der Waals surface area contributed by atoms with Crippen LogP contribution in [-0.2, 0) is 19.2 Å². The van der Waals surface area contributed by atoms with Crippen LogP contribution in [0.4, 0.5) is 0 Å². The Morgan fingerprint density at radius 1 is 0.966 bits per heavy atom. The maximum Gasteiger partial charge on any atom is 0.369 e. The molecule has 1 aromatic carbocycles. The van der Waals surface area contributed by atoms with E-state index in [-0.39, 0.29) is 11.4 Å². The van der Waals surface area contributed by atoms with Gasteiger partial charge in [0.2, 0.25) is 0 Å². The second-order valence-electron chi connectivity index (χ2n) is 6.41. The van der Waals surface area contributed by atoms with Gasteiger partial charge in [0.15, 0.2) is 0 Å². The summed E-state index contributed by atoms with van der Waals surface area (Å²) in [5.74, 6) is 0. The molecule has 0 spiro atoms. The van der Waals surface area contributed by atoms with Crippen molar-refractivity contribution in [1.82, 2.24) is 4.90 Å². The van der Waals surface area contributed by atoms with Crippen molar-refractivity contribution in [2.45, 2.75) is 42.6 Å². The second kappa shape index (κ2) is 11.7. The summed E-state index contributed by atoms with van der Waals surface area (Å²) < 4.78 is 51.5. The van der Waals surface area contributed by atoms with E-state index in [0.29, 0.717) is 6.54 Å². The summed E-state index contributed by atoms with van der Waals surface area (Å²) >= 11 is 0. The van der Waals surface area contributed by atoms with Crippen molar-refractivity contribution in [3.63, 3.8) is 0 Å². The summed E-state index contributed by atoms with van der Waals surface area (Å²) in [6.45, 7) is 2.64. The molecule has 0 aliphatic rings. The third kappa shape index (κ3) is 9.80. The van der Waals surface area contributed by atoms with E-state index in [4.69, 9.17) is 24.1 Å². The third-order valence-corrected chi connectivity index (χ3v) is 8.69. The number of unbranched alkanes of at least 4 members (excludes halogenated alkanes) is 2. The fourth-order valence-corrected chi connectivity index (χ4v) is 4.78. The van der Waals surface area contributed by atoms with Gasteiger partial charge in [-0.05, 0) is 32.1 Å². The summed E-state index contributed by atoms with van der Waals surface area (Å²) in [5.41, 5.74) is 0. The van der Waals surface area contributed by atoms with Crippen molar-refractivity contribution >= 4 is 25.3 Å². The quantitative estimate of drug-likeness (QED) is 0.162. The van der Waals surface area contributed by atoms with Crippen molar-refractivity contribution in [3.8, 4) is 0 Å². The highest BCUT2D eigenvalue weighted by atomic mass is 32.2. The highest BCUT2D eigenvalue weighted by Crippen LogP contribution is 2.68. The zero-order chi connectivity index (χ0) is 22.9. The number of aliphatic hydroxyl groups is 1. The van der Waals surface area contributed by atoms with Crippen LogP contribution in [0.25, 0.3) is 0 Å². The largest absolute Gasteiger partial charge is 0.369 e. The number of nitrogens with zero attached hydrogens (tertiary/aromatic N) is 1. The molecule has 0 aliphatic heterocycles. The number of hydrogen-bond acceptors (Lipinski definition) is 6. The van der Waals surface area contributed by atoms with Crippen LogP contribution in [0.1, 0.15) is 32.6 Å². The first-order chi connectivity index (χ1) is 13.1. The Bertz CT molecular complexity index is 784. The highest BCUT2D eigenvalue weighted by Gasteiger charge is 2.58. The molecule has 0 aromatic heterocycles. The van der Waals surface area contributed by atoms with E-state index in [9.17, 15) is 22.7 Å². The van der Waals surface area contributed by atoms with E-state index in [1.165, 1.54) is 12.1 Å². The van der Waals surface area contributed by atoms with Gasteiger partial charge in [0, 0.05) is 13.0 Å². The molecule has 0 amide bonds. The van der Waals surface area contributed by atoms with E-state index in [2.05, 4.69) is 0 Å². The minimum atomic E-state index is -5.33. The smallest absolute Gasteiger partial charge is 0.367 e. The van der Waals surface area contributed by atoms with Gasteiger partial charge in [-0.3, -0.25) is 13.7 Å². The lowest BCUT2D eigenvalue weighted by molar-refractivity contribution is 0.112. The molecule has 0 heterocycles. The van der Waals surface area contributed by atoms with E-state index >= 15 is 0 Å². The SMILES string of the molecule is CCCCCN(C)CCC(O)(P(=O)(O)O)P(=O)(O)O.O=S(=O)(O)c1ccccc1. The molecule has 0 radical (unpaired) electrons. The monoisotopic (exact) mass is 477 g/mol. The Morgan fingerprint density at radius 3 is 1.79 bits per heavy atom. The molecule has 14 heteroatoms. The average molecular weight is 477 g/mol. The Morgan fingerprint density at radius 2 is 1.45 bits per heavy atom. The van der Waals surface area contributed by atoms with Crippen LogP contribution in [0.2, 0.25) is 0 Å². The van der Waals surface area contributed by atoms with E-state index in [1.54, 1.807) is 30.1 Å². The standard InChI is InChI=1S/C9H23NO7P2.C6H6O3S/c1-3-4-5-7-10(2)8-6-9(11,18(12,13)14)19(15,16)17;7-10(8,9)6-4-2-1-3-5-6/h11H,3-8H2,1-2H3,(H2,12,13,14)(H2,15,16,17);1-5H,(H,7,8,9). The zero-order valence-corrected chi connectivity index (χ0v) is 18.8. The van der Waals surface area contributed by atoms with E-state index in [1.807, 2.05) is 6.92 Å². The van der Waals surface area contributed by atoms with Gasteiger partial charge in [0.25, 0.3) is 15.2 Å². The zero-order valence-electron chi connectivity index (χ0n) is 16.2. The lowest BCUT2D eigenvalue weighted by Crippen LogP contribution is -2.34. The van der Waals surface area contributed by atoms with Crippen LogP contribution in [-0.4, -0.2) is 67.8 Å². The van der Waals surface area contributed by atoms with Crippen molar-refractivity contribution < 1.29 is 46.8 Å². The Balaban J connectivity index is 0.000000651. The summed E-state index contributed by atoms with van der Waals surface area (Å²) in [6.07, 6.45) is 2.19. The molecule has 0 saturated carbocycles. The highest BCUT2D eigenvalue weighted by molar-refractivity contribution is 7.85. The van der Waals surface area contributed by atoms with Gasteiger partial charge in [0.1, 0.15) is 0 Å². The number of hydrogen-bond donors (Lipinski definition) is 6. The summed E-state index contributed by atoms with van der Waals surface area (Å²) in [4.78, 5) is 37.4. The molecule has 0 bridgehead atoms. The van der Waals surface area contributed by atoms with Crippen molar-refractivity contribution in [3.05, 3.63) is 30.3 Å². The fraction of sp³-hybridized carbons (Fsp3) is 0.600. The van der Waals surface area contributed by atoms with Gasteiger partial charge < -0.3 is 29.6 Å². The lowest BCUT2D eigenvalue weighted by atomic mass is 10.2. The summed E-state index contributed by atoms with van der Waals surface area (Å²) in [5, 5.41) is 6.35. The predicted molar refractivity (Wildman–Crippen MR) is 107 cm³/mol. The van der Waals surface area contributed by atoms with Crippen LogP contribution >= 0.6 is 15.2 Å². The first kappa shape index (κ1) is 28.4. The summed E-state index contributed by atoms with van der Waals surface area (Å²) in [7, 11) is -13.0. The molecule has 1 aromatic rings. The van der Waals surface area contributed by atoms with E-state index < -0.39 is 36.8 Å². The normalized spacial score (nSPS) is 13.1. The van der Waals surface area contributed by atoms with Gasteiger partial charge in [-0.25, -0.2) is 0 Å². The van der Waals surface area contributed by atoms with Crippen LogP contribution in [0.5, 0.6) is 0 Å². The number of rotatable bonds is 10. The van der Waals surface area contributed by atoms with Gasteiger partial charge in [-0.15, -0.1) is 0 Å². The molecule has 0 unspecified atom stereocenters. The van der Waals surface area contributed by atoms with Gasteiger partial charge in [-0.1, -0.05) is 38.0 Å². The maximum absolute atomic E-state index is 11.1. The average Bonchev–Trinajstić information content (AvgIpc) is 2.58. The third-order valence-electron chi connectivity index (χ3n) is 3.95. The first-order valence-electron chi connectivity index (χ1n) is 8.61. The maximum atomic E-state index is 11.1. The fourth-order valence-electron chi connectivity index (χ4n) is 2.14. The van der Waals surface area contributed by atoms with Crippen LogP contribution in [0, 0.1) is 0 Å². The molecule has 170 valence electrons. The molecule has 0 aliphatic carbocycles. The predicted octanol–water partition coefficient (Wildman–Crippen LogP) is 1.43. The van der Waals surface area contributed by atoms with Crippen LogP contribution in [0.3, 0.4) is 0 Å². The molecular weight excluding hydrogens is 448 g/mol.